The van der Waals surface area contributed by atoms with Gasteiger partial charge in [-0.3, -0.25) is 9.59 Å². The standard InChI is InChI=1S/C12H17N3O2/c1-8-6-11(17)14-12(13-8)10-4-3-5-15(7-10)9(2)16/h6,10H,3-5,7H2,1-2H3,(H,13,14,17). The molecule has 1 unspecified atom stereocenters. The van der Waals surface area contributed by atoms with E-state index in [0.29, 0.717) is 12.4 Å². The number of H-pyrrole nitrogens is 1. The average Bonchev–Trinajstić information content (AvgIpc) is 2.28. The van der Waals surface area contributed by atoms with Crippen molar-refractivity contribution < 1.29 is 4.79 Å². The van der Waals surface area contributed by atoms with Crippen LogP contribution in [0.1, 0.15) is 37.2 Å². The number of hydrogen-bond acceptors (Lipinski definition) is 3. The van der Waals surface area contributed by atoms with Gasteiger partial charge in [-0.1, -0.05) is 0 Å². The largest absolute Gasteiger partial charge is 0.342 e. The molecule has 0 bridgehead atoms. The number of rotatable bonds is 1. The third-order valence-electron chi connectivity index (χ3n) is 3.14. The first-order valence-corrected chi connectivity index (χ1v) is 5.89. The zero-order valence-electron chi connectivity index (χ0n) is 10.2. The van der Waals surface area contributed by atoms with Crippen LogP contribution in [0, 0.1) is 6.92 Å². The lowest BCUT2D eigenvalue weighted by atomic mass is 9.97. The van der Waals surface area contributed by atoms with Gasteiger partial charge in [-0.25, -0.2) is 4.98 Å². The van der Waals surface area contributed by atoms with Crippen molar-refractivity contribution in [1.82, 2.24) is 14.9 Å². The lowest BCUT2D eigenvalue weighted by Gasteiger charge is -2.31. The summed E-state index contributed by atoms with van der Waals surface area (Å²) in [4.78, 5) is 31.7. The van der Waals surface area contributed by atoms with E-state index in [1.165, 1.54) is 6.07 Å². The monoisotopic (exact) mass is 235 g/mol. The van der Waals surface area contributed by atoms with Crippen LogP contribution < -0.4 is 5.56 Å². The van der Waals surface area contributed by atoms with Gasteiger partial charge in [-0.15, -0.1) is 0 Å². The summed E-state index contributed by atoms with van der Waals surface area (Å²) in [6, 6.07) is 1.48. The Labute approximate surface area is 99.9 Å². The van der Waals surface area contributed by atoms with Crippen LogP contribution in [0.15, 0.2) is 10.9 Å². The van der Waals surface area contributed by atoms with Crippen LogP contribution in [0.3, 0.4) is 0 Å². The number of carbonyl (C=O) groups is 1. The number of aromatic nitrogens is 2. The number of carbonyl (C=O) groups excluding carboxylic acids is 1. The maximum absolute atomic E-state index is 11.4. The summed E-state index contributed by atoms with van der Waals surface area (Å²) < 4.78 is 0. The zero-order valence-corrected chi connectivity index (χ0v) is 10.2. The Hall–Kier alpha value is -1.65. The third kappa shape index (κ3) is 2.72. The molecule has 1 aromatic heterocycles. The number of aromatic amines is 1. The van der Waals surface area contributed by atoms with Gasteiger partial charge in [0.15, 0.2) is 0 Å². The van der Waals surface area contributed by atoms with Crippen molar-refractivity contribution in [3.8, 4) is 0 Å². The summed E-state index contributed by atoms with van der Waals surface area (Å²) in [6.45, 7) is 4.85. The van der Waals surface area contributed by atoms with Crippen molar-refractivity contribution in [3.05, 3.63) is 27.9 Å². The molecular formula is C12H17N3O2. The minimum absolute atomic E-state index is 0.0877. The number of nitrogens with one attached hydrogen (secondary N) is 1. The summed E-state index contributed by atoms with van der Waals surface area (Å²) >= 11 is 0. The third-order valence-corrected chi connectivity index (χ3v) is 3.14. The molecule has 2 heterocycles. The van der Waals surface area contributed by atoms with Crippen LogP contribution in [-0.4, -0.2) is 33.9 Å². The maximum atomic E-state index is 11.4. The summed E-state index contributed by atoms with van der Waals surface area (Å²) in [7, 11) is 0. The molecule has 2 rings (SSSR count). The number of hydrogen-bond donors (Lipinski definition) is 1. The SMILES string of the molecule is CC(=O)N1CCCC(c2nc(C)cc(=O)[nH]2)C1. The first-order chi connectivity index (χ1) is 8.06. The molecule has 0 saturated carbocycles. The van der Waals surface area contributed by atoms with Crippen LogP contribution in [0.2, 0.25) is 0 Å². The molecule has 0 radical (unpaired) electrons. The fourth-order valence-electron chi connectivity index (χ4n) is 2.28. The Morgan fingerprint density at radius 3 is 3.00 bits per heavy atom. The molecule has 1 aliphatic rings. The Balaban J connectivity index is 2.21. The minimum Gasteiger partial charge on any atom is -0.342 e. The Bertz CT molecular complexity index is 481. The fourth-order valence-corrected chi connectivity index (χ4v) is 2.28. The molecule has 92 valence electrons. The van der Waals surface area contributed by atoms with Crippen molar-refractivity contribution in [2.45, 2.75) is 32.6 Å². The molecule has 1 aliphatic heterocycles. The molecule has 1 amide bonds. The predicted molar refractivity (Wildman–Crippen MR) is 63.8 cm³/mol. The number of piperidine rings is 1. The van der Waals surface area contributed by atoms with E-state index in [1.807, 2.05) is 11.8 Å². The van der Waals surface area contributed by atoms with E-state index in [4.69, 9.17) is 0 Å². The average molecular weight is 235 g/mol. The van der Waals surface area contributed by atoms with Crippen LogP contribution in [0.4, 0.5) is 0 Å². The van der Waals surface area contributed by atoms with Gasteiger partial charge in [0.2, 0.25) is 5.91 Å². The second-order valence-corrected chi connectivity index (χ2v) is 4.58. The summed E-state index contributed by atoms with van der Waals surface area (Å²) in [5.74, 6) is 0.950. The topological polar surface area (TPSA) is 66.1 Å². The van der Waals surface area contributed by atoms with Crippen LogP contribution in [0.25, 0.3) is 0 Å². The van der Waals surface area contributed by atoms with Gasteiger partial charge < -0.3 is 9.88 Å². The van der Waals surface area contributed by atoms with Crippen LogP contribution in [0.5, 0.6) is 0 Å². The molecule has 1 atom stereocenters. The molecule has 17 heavy (non-hydrogen) atoms. The molecule has 1 aromatic rings. The Morgan fingerprint density at radius 1 is 1.59 bits per heavy atom. The van der Waals surface area contributed by atoms with Gasteiger partial charge in [0.25, 0.3) is 5.56 Å². The lowest BCUT2D eigenvalue weighted by molar-refractivity contribution is -0.130. The first-order valence-electron chi connectivity index (χ1n) is 5.89. The van der Waals surface area contributed by atoms with Crippen molar-refractivity contribution in [3.63, 3.8) is 0 Å². The van der Waals surface area contributed by atoms with Gasteiger partial charge in [-0.05, 0) is 19.8 Å². The van der Waals surface area contributed by atoms with E-state index in [9.17, 15) is 9.59 Å². The molecule has 0 aromatic carbocycles. The maximum Gasteiger partial charge on any atom is 0.251 e. The number of nitrogens with zero attached hydrogens (tertiary/aromatic N) is 2. The lowest BCUT2D eigenvalue weighted by Crippen LogP contribution is -2.38. The molecule has 0 spiro atoms. The second-order valence-electron chi connectivity index (χ2n) is 4.58. The highest BCUT2D eigenvalue weighted by molar-refractivity contribution is 5.73. The van der Waals surface area contributed by atoms with E-state index in [0.717, 1.165) is 25.1 Å². The van der Waals surface area contributed by atoms with E-state index in [2.05, 4.69) is 9.97 Å². The number of aryl methyl sites for hydroxylation is 1. The highest BCUT2D eigenvalue weighted by Gasteiger charge is 2.24. The zero-order chi connectivity index (χ0) is 12.4. The minimum atomic E-state index is -0.118. The molecule has 5 heteroatoms. The highest BCUT2D eigenvalue weighted by atomic mass is 16.2. The van der Waals surface area contributed by atoms with Crippen molar-refractivity contribution in [2.75, 3.05) is 13.1 Å². The molecular weight excluding hydrogens is 218 g/mol. The summed E-state index contributed by atoms with van der Waals surface area (Å²) in [5, 5.41) is 0. The van der Waals surface area contributed by atoms with E-state index < -0.39 is 0 Å². The van der Waals surface area contributed by atoms with E-state index in [1.54, 1.807) is 6.92 Å². The predicted octanol–water partition coefficient (Wildman–Crippen LogP) is 0.804. The van der Waals surface area contributed by atoms with Gasteiger partial charge in [0.05, 0.1) is 0 Å². The molecule has 1 saturated heterocycles. The highest BCUT2D eigenvalue weighted by Crippen LogP contribution is 2.23. The molecule has 0 aliphatic carbocycles. The van der Waals surface area contributed by atoms with Gasteiger partial charge in [0, 0.05) is 37.7 Å². The van der Waals surface area contributed by atoms with Gasteiger partial charge >= 0.3 is 0 Å². The van der Waals surface area contributed by atoms with E-state index in [-0.39, 0.29) is 17.4 Å². The summed E-state index contributed by atoms with van der Waals surface area (Å²) in [5.41, 5.74) is 0.608. The van der Waals surface area contributed by atoms with Gasteiger partial charge in [-0.2, -0.15) is 0 Å². The second kappa shape index (κ2) is 4.69. The fraction of sp³-hybridized carbons (Fsp3) is 0.583. The van der Waals surface area contributed by atoms with Crippen LogP contribution in [-0.2, 0) is 4.79 Å². The normalized spacial score (nSPS) is 20.4. The van der Waals surface area contributed by atoms with Crippen LogP contribution >= 0.6 is 0 Å². The van der Waals surface area contributed by atoms with Crippen molar-refractivity contribution >= 4 is 5.91 Å². The molecule has 1 fully saturated rings. The first kappa shape index (κ1) is 11.8. The molecule has 1 N–H and O–H groups in total. The number of likely N-dealkylation sites (tertiary alicyclic amines) is 1. The smallest absolute Gasteiger partial charge is 0.251 e. The Kier molecular flexibility index (Phi) is 3.26. The van der Waals surface area contributed by atoms with Crippen molar-refractivity contribution in [1.29, 1.82) is 0 Å². The van der Waals surface area contributed by atoms with Gasteiger partial charge in [0.1, 0.15) is 5.82 Å². The molecule has 5 nitrogen and oxygen atoms in total. The van der Waals surface area contributed by atoms with E-state index >= 15 is 0 Å². The quantitative estimate of drug-likeness (QED) is 0.783. The summed E-state index contributed by atoms with van der Waals surface area (Å²) in [6.07, 6.45) is 1.93. The Morgan fingerprint density at radius 2 is 2.35 bits per heavy atom. The van der Waals surface area contributed by atoms with Crippen molar-refractivity contribution in [2.24, 2.45) is 0 Å². The number of amides is 1.